The van der Waals surface area contributed by atoms with E-state index in [0.717, 1.165) is 12.0 Å². The summed E-state index contributed by atoms with van der Waals surface area (Å²) in [6.07, 6.45) is 0.970. The SMILES string of the molecule is CCc1ccc(C(C#N)C(C)=O)cc1. The summed E-state index contributed by atoms with van der Waals surface area (Å²) in [5, 5.41) is 8.81. The molecule has 0 aliphatic heterocycles. The highest BCUT2D eigenvalue weighted by atomic mass is 16.1. The van der Waals surface area contributed by atoms with Gasteiger partial charge in [-0.25, -0.2) is 0 Å². The molecule has 0 aliphatic rings. The van der Waals surface area contributed by atoms with Crippen LogP contribution < -0.4 is 0 Å². The molecular formula is C12H13NO. The molecule has 2 heteroatoms. The van der Waals surface area contributed by atoms with Gasteiger partial charge in [0.15, 0.2) is 5.78 Å². The van der Waals surface area contributed by atoms with Crippen LogP contribution in [0.15, 0.2) is 24.3 Å². The number of ketones is 1. The van der Waals surface area contributed by atoms with E-state index in [0.29, 0.717) is 0 Å². The zero-order chi connectivity index (χ0) is 10.6. The van der Waals surface area contributed by atoms with Gasteiger partial charge in [0.1, 0.15) is 5.92 Å². The molecule has 0 spiro atoms. The van der Waals surface area contributed by atoms with E-state index in [4.69, 9.17) is 5.26 Å². The van der Waals surface area contributed by atoms with Crippen LogP contribution in [0.2, 0.25) is 0 Å². The van der Waals surface area contributed by atoms with E-state index in [2.05, 4.69) is 6.92 Å². The molecule has 0 N–H and O–H groups in total. The van der Waals surface area contributed by atoms with Crippen LogP contribution in [-0.2, 0) is 11.2 Å². The van der Waals surface area contributed by atoms with E-state index >= 15 is 0 Å². The van der Waals surface area contributed by atoms with Crippen molar-refractivity contribution in [3.63, 3.8) is 0 Å². The summed E-state index contributed by atoms with van der Waals surface area (Å²) in [6.45, 7) is 3.52. The predicted octanol–water partition coefficient (Wildman–Crippen LogP) is 2.45. The summed E-state index contributed by atoms with van der Waals surface area (Å²) >= 11 is 0. The van der Waals surface area contributed by atoms with Crippen LogP contribution in [0.4, 0.5) is 0 Å². The predicted molar refractivity (Wildman–Crippen MR) is 54.9 cm³/mol. The Kier molecular flexibility index (Phi) is 3.41. The summed E-state index contributed by atoms with van der Waals surface area (Å²) in [5.41, 5.74) is 2.01. The van der Waals surface area contributed by atoms with E-state index in [1.54, 1.807) is 0 Å². The van der Waals surface area contributed by atoms with Crippen LogP contribution in [-0.4, -0.2) is 5.78 Å². The largest absolute Gasteiger partial charge is 0.298 e. The minimum absolute atomic E-state index is 0.100. The number of nitrogens with zero attached hydrogens (tertiary/aromatic N) is 1. The van der Waals surface area contributed by atoms with Gasteiger partial charge in [0.05, 0.1) is 6.07 Å². The average molecular weight is 187 g/mol. The third kappa shape index (κ3) is 2.20. The molecule has 0 aromatic heterocycles. The number of aryl methyl sites for hydroxylation is 1. The molecule has 0 bridgehead atoms. The number of carbonyl (C=O) groups excluding carboxylic acids is 1. The van der Waals surface area contributed by atoms with Gasteiger partial charge in [-0.05, 0) is 24.5 Å². The second kappa shape index (κ2) is 4.57. The summed E-state index contributed by atoms with van der Waals surface area (Å²) in [7, 11) is 0. The molecule has 0 fully saturated rings. The molecule has 0 saturated carbocycles. The van der Waals surface area contributed by atoms with E-state index in [9.17, 15) is 4.79 Å². The van der Waals surface area contributed by atoms with Crippen molar-refractivity contribution < 1.29 is 4.79 Å². The van der Waals surface area contributed by atoms with Gasteiger partial charge in [-0.3, -0.25) is 4.79 Å². The smallest absolute Gasteiger partial charge is 0.151 e. The monoisotopic (exact) mass is 187 g/mol. The van der Waals surface area contributed by atoms with Crippen LogP contribution in [0.1, 0.15) is 30.9 Å². The first-order chi connectivity index (χ1) is 6.69. The first kappa shape index (κ1) is 10.5. The maximum atomic E-state index is 11.1. The van der Waals surface area contributed by atoms with Gasteiger partial charge in [-0.2, -0.15) is 5.26 Å². The van der Waals surface area contributed by atoms with Crippen molar-refractivity contribution in [2.45, 2.75) is 26.2 Å². The molecule has 1 aromatic carbocycles. The van der Waals surface area contributed by atoms with Crippen molar-refractivity contribution in [2.24, 2.45) is 0 Å². The van der Waals surface area contributed by atoms with Crippen LogP contribution in [0, 0.1) is 11.3 Å². The molecule has 0 aliphatic carbocycles. The summed E-state index contributed by atoms with van der Waals surface area (Å²) in [5.74, 6) is -0.711. The Labute approximate surface area is 84.2 Å². The second-order valence-electron chi connectivity index (χ2n) is 3.27. The number of Topliss-reactive ketones (excluding diaryl/α,β-unsaturated/α-hetero) is 1. The summed E-state index contributed by atoms with van der Waals surface area (Å²) in [4.78, 5) is 11.1. The van der Waals surface area contributed by atoms with Crippen molar-refractivity contribution in [2.75, 3.05) is 0 Å². The number of hydrogen-bond donors (Lipinski definition) is 0. The van der Waals surface area contributed by atoms with E-state index in [1.807, 2.05) is 30.3 Å². The highest BCUT2D eigenvalue weighted by molar-refractivity contribution is 5.86. The van der Waals surface area contributed by atoms with Crippen LogP contribution in [0.25, 0.3) is 0 Å². The maximum absolute atomic E-state index is 11.1. The first-order valence-corrected chi connectivity index (χ1v) is 4.68. The van der Waals surface area contributed by atoms with Crippen LogP contribution in [0.5, 0.6) is 0 Å². The minimum atomic E-state index is -0.610. The van der Waals surface area contributed by atoms with Gasteiger partial charge in [-0.1, -0.05) is 31.2 Å². The third-order valence-corrected chi connectivity index (χ3v) is 2.26. The summed E-state index contributed by atoms with van der Waals surface area (Å²) < 4.78 is 0. The van der Waals surface area contributed by atoms with Gasteiger partial charge in [0.25, 0.3) is 0 Å². The Morgan fingerprint density at radius 2 is 2.00 bits per heavy atom. The average Bonchev–Trinajstić information content (AvgIpc) is 2.19. The standard InChI is InChI=1S/C12H13NO/c1-3-10-4-6-11(7-5-10)12(8-13)9(2)14/h4-7,12H,3H2,1-2H3. The molecule has 2 nitrogen and oxygen atoms in total. The highest BCUT2D eigenvalue weighted by Crippen LogP contribution is 2.16. The fourth-order valence-electron chi connectivity index (χ4n) is 1.35. The zero-order valence-corrected chi connectivity index (χ0v) is 8.45. The highest BCUT2D eigenvalue weighted by Gasteiger charge is 2.14. The lowest BCUT2D eigenvalue weighted by atomic mass is 9.96. The van der Waals surface area contributed by atoms with Gasteiger partial charge >= 0.3 is 0 Å². The van der Waals surface area contributed by atoms with Crippen molar-refractivity contribution in [1.29, 1.82) is 5.26 Å². The van der Waals surface area contributed by atoms with E-state index in [1.165, 1.54) is 12.5 Å². The molecular weight excluding hydrogens is 174 g/mol. The fourth-order valence-corrected chi connectivity index (χ4v) is 1.35. The molecule has 14 heavy (non-hydrogen) atoms. The maximum Gasteiger partial charge on any atom is 0.151 e. The number of nitriles is 1. The van der Waals surface area contributed by atoms with Crippen molar-refractivity contribution >= 4 is 5.78 Å². The molecule has 1 rings (SSSR count). The van der Waals surface area contributed by atoms with Crippen LogP contribution >= 0.6 is 0 Å². The Morgan fingerprint density at radius 1 is 1.43 bits per heavy atom. The second-order valence-corrected chi connectivity index (χ2v) is 3.27. The quantitative estimate of drug-likeness (QED) is 0.729. The Morgan fingerprint density at radius 3 is 2.36 bits per heavy atom. The Balaban J connectivity index is 2.96. The van der Waals surface area contributed by atoms with Crippen molar-refractivity contribution in [3.8, 4) is 6.07 Å². The third-order valence-electron chi connectivity index (χ3n) is 2.26. The topological polar surface area (TPSA) is 40.9 Å². The van der Waals surface area contributed by atoms with E-state index < -0.39 is 5.92 Å². The van der Waals surface area contributed by atoms with Gasteiger partial charge in [0, 0.05) is 0 Å². The van der Waals surface area contributed by atoms with Gasteiger partial charge < -0.3 is 0 Å². The van der Waals surface area contributed by atoms with Crippen LogP contribution in [0.3, 0.4) is 0 Å². The molecule has 0 amide bonds. The van der Waals surface area contributed by atoms with E-state index in [-0.39, 0.29) is 5.78 Å². The lowest BCUT2D eigenvalue weighted by Gasteiger charge is -2.05. The molecule has 1 aromatic rings. The molecule has 0 saturated heterocycles. The molecule has 1 atom stereocenters. The number of benzene rings is 1. The zero-order valence-electron chi connectivity index (χ0n) is 8.45. The summed E-state index contributed by atoms with van der Waals surface area (Å²) in [6, 6.07) is 9.64. The van der Waals surface area contributed by atoms with Gasteiger partial charge in [0.2, 0.25) is 0 Å². The van der Waals surface area contributed by atoms with Gasteiger partial charge in [-0.15, -0.1) is 0 Å². The fraction of sp³-hybridized carbons (Fsp3) is 0.333. The molecule has 0 heterocycles. The number of rotatable bonds is 3. The molecule has 0 radical (unpaired) electrons. The molecule has 1 unspecified atom stereocenters. The van der Waals surface area contributed by atoms with Crippen molar-refractivity contribution in [1.82, 2.24) is 0 Å². The van der Waals surface area contributed by atoms with Crippen molar-refractivity contribution in [3.05, 3.63) is 35.4 Å². The minimum Gasteiger partial charge on any atom is -0.298 e. The number of hydrogen-bond acceptors (Lipinski definition) is 2. The Hall–Kier alpha value is -1.62. The normalized spacial score (nSPS) is 11.8. The lowest BCUT2D eigenvalue weighted by molar-refractivity contribution is -0.117. The lowest BCUT2D eigenvalue weighted by Crippen LogP contribution is -2.05. The Bertz CT molecular complexity index is 359. The molecule has 72 valence electrons. The number of carbonyl (C=O) groups is 1. The first-order valence-electron chi connectivity index (χ1n) is 4.68.